The SMILES string of the molecule is CCOc1ccc(C[C@H](CNC(=O)Nc2ccc(F)cc2F)C(N)=O)cc1. The normalized spacial score (nSPS) is 11.5. The molecular weight excluding hydrogens is 356 g/mol. The van der Waals surface area contributed by atoms with Gasteiger partial charge >= 0.3 is 6.03 Å². The number of ether oxygens (including phenoxy) is 1. The second-order valence-electron chi connectivity index (χ2n) is 5.84. The smallest absolute Gasteiger partial charge is 0.319 e. The van der Waals surface area contributed by atoms with Gasteiger partial charge in [0.05, 0.1) is 18.2 Å². The summed E-state index contributed by atoms with van der Waals surface area (Å²) in [6.45, 7) is 2.40. The van der Waals surface area contributed by atoms with Gasteiger partial charge in [-0.15, -0.1) is 0 Å². The van der Waals surface area contributed by atoms with Crippen LogP contribution in [0, 0.1) is 17.6 Å². The minimum atomic E-state index is -0.897. The lowest BCUT2D eigenvalue weighted by molar-refractivity contribution is -0.121. The topological polar surface area (TPSA) is 93.4 Å². The second-order valence-corrected chi connectivity index (χ2v) is 5.84. The lowest BCUT2D eigenvalue weighted by Gasteiger charge is -2.15. The van der Waals surface area contributed by atoms with Gasteiger partial charge in [0, 0.05) is 12.6 Å². The van der Waals surface area contributed by atoms with E-state index in [9.17, 15) is 18.4 Å². The zero-order valence-electron chi connectivity index (χ0n) is 14.8. The summed E-state index contributed by atoms with van der Waals surface area (Å²) in [5.41, 5.74) is 6.09. The standard InChI is InChI=1S/C19H21F2N3O3/c1-2-27-15-6-3-12(4-7-15)9-13(18(22)25)11-23-19(26)24-17-8-5-14(20)10-16(17)21/h3-8,10,13H,2,9,11H2,1H3,(H2,22,25)(H2,23,24,26)/t13-/m1/s1. The summed E-state index contributed by atoms with van der Waals surface area (Å²) in [5, 5.41) is 4.73. The first-order valence-electron chi connectivity index (χ1n) is 8.40. The molecule has 27 heavy (non-hydrogen) atoms. The van der Waals surface area contributed by atoms with Gasteiger partial charge in [-0.05, 0) is 43.2 Å². The van der Waals surface area contributed by atoms with Crippen molar-refractivity contribution >= 4 is 17.6 Å². The van der Waals surface area contributed by atoms with E-state index in [2.05, 4.69) is 10.6 Å². The summed E-state index contributed by atoms with van der Waals surface area (Å²) < 4.78 is 31.8. The number of benzene rings is 2. The van der Waals surface area contributed by atoms with E-state index in [0.717, 1.165) is 23.4 Å². The Balaban J connectivity index is 1.91. The van der Waals surface area contributed by atoms with Crippen LogP contribution >= 0.6 is 0 Å². The average Bonchev–Trinajstić information content (AvgIpc) is 2.62. The molecule has 6 nitrogen and oxygen atoms in total. The van der Waals surface area contributed by atoms with Crippen LogP contribution in [0.25, 0.3) is 0 Å². The van der Waals surface area contributed by atoms with Crippen LogP contribution in [0.3, 0.4) is 0 Å². The number of rotatable bonds is 8. The molecule has 1 atom stereocenters. The number of amides is 3. The number of primary amides is 1. The molecule has 0 aliphatic carbocycles. The molecule has 144 valence electrons. The predicted octanol–water partition coefficient (Wildman–Crippen LogP) is 2.83. The molecule has 2 aromatic carbocycles. The molecule has 0 spiro atoms. The van der Waals surface area contributed by atoms with Crippen molar-refractivity contribution < 1.29 is 23.1 Å². The van der Waals surface area contributed by atoms with E-state index in [0.29, 0.717) is 19.1 Å². The molecule has 0 aliphatic rings. The van der Waals surface area contributed by atoms with Crippen molar-refractivity contribution in [2.24, 2.45) is 11.7 Å². The zero-order chi connectivity index (χ0) is 19.8. The predicted molar refractivity (Wildman–Crippen MR) is 97.4 cm³/mol. The number of anilines is 1. The number of halogens is 2. The van der Waals surface area contributed by atoms with Gasteiger partial charge in [-0.2, -0.15) is 0 Å². The van der Waals surface area contributed by atoms with Crippen molar-refractivity contribution in [1.82, 2.24) is 5.32 Å². The lowest BCUT2D eigenvalue weighted by Crippen LogP contribution is -2.39. The number of nitrogens with two attached hydrogens (primary N) is 1. The molecule has 0 heterocycles. The Bertz CT molecular complexity index is 797. The maximum Gasteiger partial charge on any atom is 0.319 e. The minimum absolute atomic E-state index is 0.0306. The fourth-order valence-electron chi connectivity index (χ4n) is 2.42. The molecule has 2 rings (SSSR count). The number of hydrogen-bond donors (Lipinski definition) is 3. The summed E-state index contributed by atoms with van der Waals surface area (Å²) in [5.74, 6) is -2.15. The Labute approximate surface area is 155 Å². The fourth-order valence-corrected chi connectivity index (χ4v) is 2.42. The van der Waals surface area contributed by atoms with Gasteiger partial charge in [0.25, 0.3) is 0 Å². The molecule has 0 saturated heterocycles. The molecule has 0 bridgehead atoms. The van der Waals surface area contributed by atoms with Crippen LogP contribution < -0.4 is 21.1 Å². The molecule has 0 radical (unpaired) electrons. The van der Waals surface area contributed by atoms with Gasteiger partial charge in [0.15, 0.2) is 0 Å². The number of carbonyl (C=O) groups is 2. The van der Waals surface area contributed by atoms with E-state index in [-0.39, 0.29) is 12.2 Å². The van der Waals surface area contributed by atoms with Crippen molar-refractivity contribution in [2.45, 2.75) is 13.3 Å². The number of urea groups is 1. The van der Waals surface area contributed by atoms with Crippen LogP contribution in [-0.4, -0.2) is 25.1 Å². The maximum atomic E-state index is 13.5. The molecule has 2 aromatic rings. The van der Waals surface area contributed by atoms with Crippen molar-refractivity contribution in [3.05, 3.63) is 59.7 Å². The van der Waals surface area contributed by atoms with Gasteiger partial charge in [-0.1, -0.05) is 12.1 Å². The first kappa shape index (κ1) is 20.2. The third-order valence-electron chi connectivity index (χ3n) is 3.81. The first-order valence-corrected chi connectivity index (χ1v) is 8.40. The molecule has 0 unspecified atom stereocenters. The van der Waals surface area contributed by atoms with Crippen LogP contribution in [0.1, 0.15) is 12.5 Å². The van der Waals surface area contributed by atoms with Gasteiger partial charge < -0.3 is 21.1 Å². The molecule has 0 aliphatic heterocycles. The summed E-state index contributed by atoms with van der Waals surface area (Å²) in [7, 11) is 0. The highest BCUT2D eigenvalue weighted by Crippen LogP contribution is 2.16. The zero-order valence-corrected chi connectivity index (χ0v) is 14.8. The van der Waals surface area contributed by atoms with E-state index in [4.69, 9.17) is 10.5 Å². The van der Waals surface area contributed by atoms with Gasteiger partial charge in [-0.25, -0.2) is 13.6 Å². The highest BCUT2D eigenvalue weighted by atomic mass is 19.1. The van der Waals surface area contributed by atoms with Crippen molar-refractivity contribution in [1.29, 1.82) is 0 Å². The number of carbonyl (C=O) groups excluding carboxylic acids is 2. The Morgan fingerprint density at radius 1 is 1.15 bits per heavy atom. The van der Waals surface area contributed by atoms with E-state index < -0.39 is 29.5 Å². The van der Waals surface area contributed by atoms with Crippen LogP contribution in [0.15, 0.2) is 42.5 Å². The Morgan fingerprint density at radius 2 is 1.85 bits per heavy atom. The molecule has 0 saturated carbocycles. The highest BCUT2D eigenvalue weighted by molar-refractivity contribution is 5.89. The fraction of sp³-hybridized carbons (Fsp3) is 0.263. The van der Waals surface area contributed by atoms with Crippen LogP contribution in [0.4, 0.5) is 19.3 Å². The average molecular weight is 377 g/mol. The first-order chi connectivity index (χ1) is 12.9. The summed E-state index contributed by atoms with van der Waals surface area (Å²) in [6, 6.07) is 9.27. The third-order valence-corrected chi connectivity index (χ3v) is 3.81. The van der Waals surface area contributed by atoms with Gasteiger partial charge in [0.1, 0.15) is 17.4 Å². The quantitative estimate of drug-likeness (QED) is 0.660. The molecule has 0 fully saturated rings. The van der Waals surface area contributed by atoms with E-state index in [1.807, 2.05) is 19.1 Å². The van der Waals surface area contributed by atoms with Gasteiger partial charge in [-0.3, -0.25) is 4.79 Å². The monoisotopic (exact) mass is 377 g/mol. The van der Waals surface area contributed by atoms with E-state index in [1.165, 1.54) is 0 Å². The summed E-state index contributed by atoms with van der Waals surface area (Å²) in [4.78, 5) is 23.6. The second kappa shape index (κ2) is 9.51. The summed E-state index contributed by atoms with van der Waals surface area (Å²) >= 11 is 0. The third kappa shape index (κ3) is 6.25. The number of hydrogen-bond acceptors (Lipinski definition) is 3. The summed E-state index contributed by atoms with van der Waals surface area (Å²) in [6.07, 6.45) is 0.326. The molecule has 8 heteroatoms. The molecule has 3 amide bonds. The van der Waals surface area contributed by atoms with Crippen LogP contribution in [0.2, 0.25) is 0 Å². The van der Waals surface area contributed by atoms with E-state index in [1.54, 1.807) is 12.1 Å². The minimum Gasteiger partial charge on any atom is -0.494 e. The van der Waals surface area contributed by atoms with E-state index >= 15 is 0 Å². The van der Waals surface area contributed by atoms with Crippen molar-refractivity contribution in [3.63, 3.8) is 0 Å². The number of nitrogens with one attached hydrogen (secondary N) is 2. The van der Waals surface area contributed by atoms with Crippen LogP contribution in [-0.2, 0) is 11.2 Å². The van der Waals surface area contributed by atoms with Crippen molar-refractivity contribution in [3.8, 4) is 5.75 Å². The highest BCUT2D eigenvalue weighted by Gasteiger charge is 2.18. The lowest BCUT2D eigenvalue weighted by atomic mass is 9.98. The Morgan fingerprint density at radius 3 is 2.44 bits per heavy atom. The largest absolute Gasteiger partial charge is 0.494 e. The maximum absolute atomic E-state index is 13.5. The van der Waals surface area contributed by atoms with Crippen molar-refractivity contribution in [2.75, 3.05) is 18.5 Å². The Hall–Kier alpha value is -3.16. The molecular formula is C19H21F2N3O3. The Kier molecular flexibility index (Phi) is 7.10. The van der Waals surface area contributed by atoms with Gasteiger partial charge in [0.2, 0.25) is 5.91 Å². The molecule has 4 N–H and O–H groups in total. The molecule has 0 aromatic heterocycles. The van der Waals surface area contributed by atoms with Crippen LogP contribution in [0.5, 0.6) is 5.75 Å².